The highest BCUT2D eigenvalue weighted by Gasteiger charge is 2.17. The molecule has 4 rings (SSSR count). The third-order valence-electron chi connectivity index (χ3n) is 4.74. The van der Waals surface area contributed by atoms with Gasteiger partial charge >= 0.3 is 0 Å². The van der Waals surface area contributed by atoms with Crippen LogP contribution in [0.1, 0.15) is 49.4 Å². The van der Waals surface area contributed by atoms with E-state index in [-0.39, 0.29) is 5.78 Å². The maximum absolute atomic E-state index is 11.7. The SMILES string of the molecule is CC(=O)c1ccc2[nH]c3ncnc(NC4CCCCC4)c3c2c1. The molecular formula is C18H20N4O. The molecule has 1 aromatic carbocycles. The van der Waals surface area contributed by atoms with Crippen LogP contribution < -0.4 is 5.32 Å². The summed E-state index contributed by atoms with van der Waals surface area (Å²) < 4.78 is 0. The van der Waals surface area contributed by atoms with E-state index in [1.165, 1.54) is 32.1 Å². The Balaban J connectivity index is 1.84. The van der Waals surface area contributed by atoms with Gasteiger partial charge in [-0.25, -0.2) is 9.97 Å². The molecule has 1 aliphatic rings. The van der Waals surface area contributed by atoms with Gasteiger partial charge in [-0.2, -0.15) is 0 Å². The Hall–Kier alpha value is -2.43. The summed E-state index contributed by atoms with van der Waals surface area (Å²) >= 11 is 0. The number of anilines is 1. The predicted octanol–water partition coefficient (Wildman–Crippen LogP) is 4.06. The fourth-order valence-electron chi connectivity index (χ4n) is 3.49. The highest BCUT2D eigenvalue weighted by atomic mass is 16.1. The van der Waals surface area contributed by atoms with Crippen LogP contribution in [0.3, 0.4) is 0 Å². The lowest BCUT2D eigenvalue weighted by molar-refractivity contribution is 0.101. The molecule has 0 atom stereocenters. The van der Waals surface area contributed by atoms with Crippen molar-refractivity contribution in [1.29, 1.82) is 0 Å². The van der Waals surface area contributed by atoms with Gasteiger partial charge in [-0.1, -0.05) is 19.3 Å². The Labute approximate surface area is 134 Å². The van der Waals surface area contributed by atoms with Gasteiger partial charge in [0.1, 0.15) is 17.8 Å². The lowest BCUT2D eigenvalue weighted by Crippen LogP contribution is -2.22. The molecule has 0 unspecified atom stereocenters. The van der Waals surface area contributed by atoms with E-state index in [1.807, 2.05) is 18.2 Å². The summed E-state index contributed by atoms with van der Waals surface area (Å²) in [5.74, 6) is 0.939. The van der Waals surface area contributed by atoms with Gasteiger partial charge in [0, 0.05) is 22.5 Å². The number of Topliss-reactive ketones (excluding diaryl/α,β-unsaturated/α-hetero) is 1. The van der Waals surface area contributed by atoms with Crippen molar-refractivity contribution in [3.63, 3.8) is 0 Å². The molecule has 0 saturated heterocycles. The minimum atomic E-state index is 0.0693. The predicted molar refractivity (Wildman–Crippen MR) is 91.9 cm³/mol. The zero-order chi connectivity index (χ0) is 15.8. The van der Waals surface area contributed by atoms with E-state index in [4.69, 9.17) is 0 Å². The molecule has 2 aromatic heterocycles. The Morgan fingerprint density at radius 3 is 2.83 bits per heavy atom. The monoisotopic (exact) mass is 308 g/mol. The van der Waals surface area contributed by atoms with Crippen molar-refractivity contribution in [1.82, 2.24) is 15.0 Å². The molecule has 3 aromatic rings. The van der Waals surface area contributed by atoms with Crippen molar-refractivity contribution >= 4 is 33.5 Å². The molecule has 1 saturated carbocycles. The van der Waals surface area contributed by atoms with Crippen LogP contribution in [-0.2, 0) is 0 Å². The highest BCUT2D eigenvalue weighted by Crippen LogP contribution is 2.31. The van der Waals surface area contributed by atoms with Crippen molar-refractivity contribution in [2.75, 3.05) is 5.32 Å². The summed E-state index contributed by atoms with van der Waals surface area (Å²) in [6.07, 6.45) is 7.84. The largest absolute Gasteiger partial charge is 0.367 e. The number of aromatic nitrogens is 3. The summed E-state index contributed by atoms with van der Waals surface area (Å²) in [6, 6.07) is 6.20. The molecule has 5 heteroatoms. The van der Waals surface area contributed by atoms with Gasteiger partial charge in [0.05, 0.1) is 5.39 Å². The number of hydrogen-bond donors (Lipinski definition) is 2. The van der Waals surface area contributed by atoms with Crippen molar-refractivity contribution in [2.45, 2.75) is 45.1 Å². The minimum Gasteiger partial charge on any atom is -0.367 e. The molecular weight excluding hydrogens is 288 g/mol. The van der Waals surface area contributed by atoms with Crippen molar-refractivity contribution in [3.05, 3.63) is 30.1 Å². The van der Waals surface area contributed by atoms with Crippen LogP contribution in [0.4, 0.5) is 5.82 Å². The van der Waals surface area contributed by atoms with Crippen LogP contribution in [0.2, 0.25) is 0 Å². The van der Waals surface area contributed by atoms with Crippen LogP contribution in [0, 0.1) is 0 Å². The first-order valence-electron chi connectivity index (χ1n) is 8.26. The number of rotatable bonds is 3. The first kappa shape index (κ1) is 14.2. The van der Waals surface area contributed by atoms with E-state index in [2.05, 4.69) is 20.3 Å². The number of aromatic amines is 1. The topological polar surface area (TPSA) is 70.7 Å². The molecule has 0 amide bonds. The van der Waals surface area contributed by atoms with E-state index < -0.39 is 0 Å². The molecule has 2 heterocycles. The van der Waals surface area contributed by atoms with Gasteiger partial charge < -0.3 is 10.3 Å². The number of nitrogens with zero attached hydrogens (tertiary/aromatic N) is 2. The fraction of sp³-hybridized carbons (Fsp3) is 0.389. The number of nitrogens with one attached hydrogen (secondary N) is 2. The Morgan fingerprint density at radius 2 is 2.04 bits per heavy atom. The van der Waals surface area contributed by atoms with Gasteiger partial charge in [0.15, 0.2) is 5.78 Å². The van der Waals surface area contributed by atoms with Gasteiger partial charge in [-0.05, 0) is 38.0 Å². The number of benzene rings is 1. The molecule has 0 aliphatic heterocycles. The second kappa shape index (κ2) is 5.65. The highest BCUT2D eigenvalue weighted by molar-refractivity contribution is 6.13. The summed E-state index contributed by atoms with van der Waals surface area (Å²) in [7, 11) is 0. The van der Waals surface area contributed by atoms with Gasteiger partial charge in [-0.3, -0.25) is 4.79 Å². The molecule has 1 aliphatic carbocycles. The first-order valence-corrected chi connectivity index (χ1v) is 8.26. The van der Waals surface area contributed by atoms with Crippen LogP contribution >= 0.6 is 0 Å². The molecule has 2 N–H and O–H groups in total. The molecule has 23 heavy (non-hydrogen) atoms. The number of carbonyl (C=O) groups is 1. The summed E-state index contributed by atoms with van der Waals surface area (Å²) in [5, 5.41) is 5.58. The molecule has 0 spiro atoms. The quantitative estimate of drug-likeness (QED) is 0.716. The lowest BCUT2D eigenvalue weighted by atomic mass is 9.95. The smallest absolute Gasteiger partial charge is 0.159 e. The van der Waals surface area contributed by atoms with Crippen LogP contribution in [0.25, 0.3) is 21.9 Å². The Bertz CT molecular complexity index is 877. The fourth-order valence-corrected chi connectivity index (χ4v) is 3.49. The minimum absolute atomic E-state index is 0.0693. The number of fused-ring (bicyclic) bond motifs is 3. The van der Waals surface area contributed by atoms with Gasteiger partial charge in [0.2, 0.25) is 0 Å². The van der Waals surface area contributed by atoms with E-state index in [1.54, 1.807) is 13.3 Å². The standard InChI is InChI=1S/C18H20N4O/c1-11(23)12-7-8-15-14(9-12)16-17(19-10-20-18(16)22-15)21-13-5-3-2-4-6-13/h7-10,13H,2-6H2,1H3,(H2,19,20,21,22). The maximum Gasteiger partial charge on any atom is 0.159 e. The maximum atomic E-state index is 11.7. The van der Waals surface area contributed by atoms with E-state index >= 15 is 0 Å². The van der Waals surface area contributed by atoms with Gasteiger partial charge in [-0.15, -0.1) is 0 Å². The number of carbonyl (C=O) groups excluding carboxylic acids is 1. The van der Waals surface area contributed by atoms with Gasteiger partial charge in [0.25, 0.3) is 0 Å². The molecule has 5 nitrogen and oxygen atoms in total. The average Bonchev–Trinajstić information content (AvgIpc) is 2.94. The molecule has 1 fully saturated rings. The molecule has 118 valence electrons. The van der Waals surface area contributed by atoms with Crippen LogP contribution in [-0.4, -0.2) is 26.8 Å². The second-order valence-electron chi connectivity index (χ2n) is 6.37. The first-order chi connectivity index (χ1) is 11.2. The normalized spacial score (nSPS) is 16.0. The van der Waals surface area contributed by atoms with Crippen molar-refractivity contribution in [2.24, 2.45) is 0 Å². The van der Waals surface area contributed by atoms with Crippen LogP contribution in [0.5, 0.6) is 0 Å². The Morgan fingerprint density at radius 1 is 1.22 bits per heavy atom. The summed E-state index contributed by atoms with van der Waals surface area (Å²) in [5.41, 5.74) is 2.51. The average molecular weight is 308 g/mol. The zero-order valence-electron chi connectivity index (χ0n) is 13.2. The second-order valence-corrected chi connectivity index (χ2v) is 6.37. The summed E-state index contributed by atoms with van der Waals surface area (Å²) in [4.78, 5) is 23.8. The molecule has 0 bridgehead atoms. The number of hydrogen-bond acceptors (Lipinski definition) is 4. The number of ketones is 1. The molecule has 0 radical (unpaired) electrons. The van der Waals surface area contributed by atoms with E-state index in [0.29, 0.717) is 11.6 Å². The number of H-pyrrole nitrogens is 1. The van der Waals surface area contributed by atoms with Crippen LogP contribution in [0.15, 0.2) is 24.5 Å². The van der Waals surface area contributed by atoms with Crippen molar-refractivity contribution in [3.8, 4) is 0 Å². The zero-order valence-corrected chi connectivity index (χ0v) is 13.2. The lowest BCUT2D eigenvalue weighted by Gasteiger charge is -2.23. The third kappa shape index (κ3) is 2.56. The van der Waals surface area contributed by atoms with E-state index in [0.717, 1.165) is 27.8 Å². The Kier molecular flexibility index (Phi) is 3.48. The summed E-state index contributed by atoms with van der Waals surface area (Å²) in [6.45, 7) is 1.59. The third-order valence-corrected chi connectivity index (χ3v) is 4.74. The van der Waals surface area contributed by atoms with Crippen molar-refractivity contribution < 1.29 is 4.79 Å². The van der Waals surface area contributed by atoms with E-state index in [9.17, 15) is 4.79 Å².